The number of nitrogens with one attached hydrogen (secondary N) is 1. The molecule has 1 aromatic heterocycles. The van der Waals surface area contributed by atoms with Crippen LogP contribution in [0.4, 0.5) is 0 Å². The van der Waals surface area contributed by atoms with Gasteiger partial charge in [0.2, 0.25) is 0 Å². The fourth-order valence-electron chi connectivity index (χ4n) is 2.72. The van der Waals surface area contributed by atoms with Crippen LogP contribution >= 0.6 is 11.8 Å². The lowest BCUT2D eigenvalue weighted by Gasteiger charge is -2.13. The molecular weight excluding hydrogens is 372 g/mol. The zero-order valence-corrected chi connectivity index (χ0v) is 16.9. The van der Waals surface area contributed by atoms with Crippen LogP contribution in [0.5, 0.6) is 0 Å². The van der Waals surface area contributed by atoms with Crippen molar-refractivity contribution in [2.24, 2.45) is 7.05 Å². The number of thioether (sulfide) groups is 1. The number of carbonyl (C=O) groups excluding carboxylic acids is 2. The van der Waals surface area contributed by atoms with E-state index in [1.165, 1.54) is 11.8 Å². The average Bonchev–Trinajstić information content (AvgIpc) is 3.07. The Labute approximate surface area is 168 Å². The highest BCUT2D eigenvalue weighted by Crippen LogP contribution is 2.20. The summed E-state index contributed by atoms with van der Waals surface area (Å²) in [6, 6.07) is 16.3. The molecule has 0 saturated carbocycles. The zero-order valence-electron chi connectivity index (χ0n) is 16.0. The molecule has 0 bridgehead atoms. The summed E-state index contributed by atoms with van der Waals surface area (Å²) in [4.78, 5) is 24.7. The monoisotopic (exact) mass is 394 g/mol. The van der Waals surface area contributed by atoms with E-state index < -0.39 is 0 Å². The highest BCUT2D eigenvalue weighted by molar-refractivity contribution is 7.99. The number of ketones is 1. The number of hydrogen-bond acceptors (Lipinski definition) is 5. The van der Waals surface area contributed by atoms with Crippen LogP contribution in [0.1, 0.15) is 45.1 Å². The van der Waals surface area contributed by atoms with E-state index in [2.05, 4.69) is 15.5 Å². The molecule has 7 heteroatoms. The summed E-state index contributed by atoms with van der Waals surface area (Å²) in [6.45, 7) is 3.84. The number of rotatable bonds is 7. The lowest BCUT2D eigenvalue weighted by atomic mass is 10.1. The van der Waals surface area contributed by atoms with E-state index in [0.717, 1.165) is 5.56 Å². The highest BCUT2D eigenvalue weighted by Gasteiger charge is 2.19. The number of aromatic nitrogens is 3. The van der Waals surface area contributed by atoms with Crippen LogP contribution in [0.25, 0.3) is 0 Å². The zero-order chi connectivity index (χ0) is 20.1. The smallest absolute Gasteiger partial charge is 0.251 e. The predicted molar refractivity (Wildman–Crippen MR) is 110 cm³/mol. The lowest BCUT2D eigenvalue weighted by Crippen LogP contribution is -2.28. The van der Waals surface area contributed by atoms with Crippen molar-refractivity contribution in [3.8, 4) is 0 Å². The first kappa shape index (κ1) is 19.8. The van der Waals surface area contributed by atoms with Crippen LogP contribution in [-0.2, 0) is 7.05 Å². The summed E-state index contributed by atoms with van der Waals surface area (Å²) in [5.41, 5.74) is 2.38. The molecule has 0 aliphatic rings. The number of carbonyl (C=O) groups is 2. The minimum absolute atomic E-state index is 0.0378. The molecule has 28 heavy (non-hydrogen) atoms. The van der Waals surface area contributed by atoms with E-state index in [1.54, 1.807) is 24.3 Å². The second kappa shape index (κ2) is 8.84. The van der Waals surface area contributed by atoms with Gasteiger partial charge >= 0.3 is 0 Å². The van der Waals surface area contributed by atoms with Gasteiger partial charge in [-0.25, -0.2) is 0 Å². The largest absolute Gasteiger partial charge is 0.342 e. The topological polar surface area (TPSA) is 76.9 Å². The molecule has 144 valence electrons. The first-order chi connectivity index (χ1) is 13.5. The molecule has 1 atom stereocenters. The van der Waals surface area contributed by atoms with E-state index in [1.807, 2.05) is 55.8 Å². The summed E-state index contributed by atoms with van der Waals surface area (Å²) >= 11 is 1.33. The molecule has 3 rings (SSSR count). The number of nitrogens with zero attached hydrogens (tertiary/aromatic N) is 3. The van der Waals surface area contributed by atoms with Gasteiger partial charge in [-0.2, -0.15) is 0 Å². The van der Waals surface area contributed by atoms with Crippen molar-refractivity contribution < 1.29 is 9.59 Å². The Kier molecular flexibility index (Phi) is 6.26. The summed E-state index contributed by atoms with van der Waals surface area (Å²) in [7, 11) is 1.83. The van der Waals surface area contributed by atoms with Crippen LogP contribution < -0.4 is 5.32 Å². The molecule has 1 N–H and O–H groups in total. The van der Waals surface area contributed by atoms with E-state index in [0.29, 0.717) is 22.1 Å². The van der Waals surface area contributed by atoms with Crippen molar-refractivity contribution in [1.82, 2.24) is 20.1 Å². The molecule has 0 unspecified atom stereocenters. The van der Waals surface area contributed by atoms with Crippen molar-refractivity contribution in [3.05, 3.63) is 77.1 Å². The maximum Gasteiger partial charge on any atom is 0.251 e. The molecule has 0 radical (unpaired) electrons. The maximum absolute atomic E-state index is 12.4. The molecule has 0 fully saturated rings. The Balaban J connectivity index is 1.62. The number of Topliss-reactive ketones (excluding diaryl/α,β-unsaturated/α-hetero) is 1. The summed E-state index contributed by atoms with van der Waals surface area (Å²) in [5, 5.41) is 11.9. The second-order valence-electron chi connectivity index (χ2n) is 6.54. The maximum atomic E-state index is 12.4. The molecule has 6 nitrogen and oxygen atoms in total. The van der Waals surface area contributed by atoms with Crippen LogP contribution in [0, 0.1) is 6.92 Å². The molecular formula is C21H22N4O2S. The lowest BCUT2D eigenvalue weighted by molar-refractivity contribution is 0.0937. The van der Waals surface area contributed by atoms with E-state index in [-0.39, 0.29) is 23.5 Å². The van der Waals surface area contributed by atoms with Gasteiger partial charge in [0.25, 0.3) is 5.91 Å². The number of aryl methyl sites for hydroxylation is 1. The Morgan fingerprint density at radius 1 is 1.04 bits per heavy atom. The van der Waals surface area contributed by atoms with Gasteiger partial charge in [0.15, 0.2) is 16.8 Å². The highest BCUT2D eigenvalue weighted by atomic mass is 32.2. The quantitative estimate of drug-likeness (QED) is 0.489. The Hall–Kier alpha value is -2.93. The Bertz CT molecular complexity index is 968. The van der Waals surface area contributed by atoms with Crippen molar-refractivity contribution in [3.63, 3.8) is 0 Å². The molecule has 1 heterocycles. The van der Waals surface area contributed by atoms with Gasteiger partial charge in [0.05, 0.1) is 11.8 Å². The predicted octanol–water partition coefficient (Wildman–Crippen LogP) is 3.59. The molecule has 3 aromatic rings. The fraction of sp³-hybridized carbons (Fsp3) is 0.238. The van der Waals surface area contributed by atoms with E-state index >= 15 is 0 Å². The number of benzene rings is 2. The van der Waals surface area contributed by atoms with Gasteiger partial charge in [-0.3, -0.25) is 9.59 Å². The van der Waals surface area contributed by atoms with Crippen molar-refractivity contribution in [1.29, 1.82) is 0 Å². The van der Waals surface area contributed by atoms with Gasteiger partial charge in [-0.15, -0.1) is 10.2 Å². The van der Waals surface area contributed by atoms with Crippen molar-refractivity contribution in [2.45, 2.75) is 25.0 Å². The van der Waals surface area contributed by atoms with Crippen LogP contribution in [0.15, 0.2) is 59.8 Å². The van der Waals surface area contributed by atoms with Gasteiger partial charge in [0, 0.05) is 18.2 Å². The Morgan fingerprint density at radius 2 is 1.71 bits per heavy atom. The molecule has 0 aliphatic carbocycles. The van der Waals surface area contributed by atoms with Crippen LogP contribution in [0.3, 0.4) is 0 Å². The third-order valence-corrected chi connectivity index (χ3v) is 5.37. The van der Waals surface area contributed by atoms with E-state index in [9.17, 15) is 9.59 Å². The molecule has 1 amide bonds. The fourth-order valence-corrected chi connectivity index (χ4v) is 3.53. The molecule has 2 aromatic carbocycles. The third-order valence-electron chi connectivity index (χ3n) is 4.35. The van der Waals surface area contributed by atoms with Crippen LogP contribution in [-0.4, -0.2) is 32.2 Å². The SMILES string of the molecule is Cc1ccc(C(=O)N[C@H](C)c2nnc(SCC(=O)c3ccccc3)n2C)cc1. The molecule has 0 aliphatic heterocycles. The summed E-state index contributed by atoms with van der Waals surface area (Å²) in [5.74, 6) is 0.787. The Morgan fingerprint density at radius 3 is 2.39 bits per heavy atom. The van der Waals surface area contributed by atoms with E-state index in [4.69, 9.17) is 0 Å². The number of hydrogen-bond donors (Lipinski definition) is 1. The summed E-state index contributed by atoms with van der Waals surface area (Å²) < 4.78 is 1.81. The molecule has 0 spiro atoms. The van der Waals surface area contributed by atoms with Gasteiger partial charge in [-0.1, -0.05) is 59.8 Å². The minimum Gasteiger partial charge on any atom is -0.342 e. The number of amides is 1. The van der Waals surface area contributed by atoms with Crippen molar-refractivity contribution >= 4 is 23.5 Å². The average molecular weight is 395 g/mol. The second-order valence-corrected chi connectivity index (χ2v) is 7.48. The molecule has 0 saturated heterocycles. The normalized spacial score (nSPS) is 11.8. The minimum atomic E-state index is -0.314. The first-order valence-corrected chi connectivity index (χ1v) is 9.92. The van der Waals surface area contributed by atoms with Gasteiger partial charge in [-0.05, 0) is 26.0 Å². The van der Waals surface area contributed by atoms with Gasteiger partial charge in [0.1, 0.15) is 0 Å². The summed E-state index contributed by atoms with van der Waals surface area (Å²) in [6.07, 6.45) is 0. The van der Waals surface area contributed by atoms with Crippen molar-refractivity contribution in [2.75, 3.05) is 5.75 Å². The van der Waals surface area contributed by atoms with Crippen LogP contribution in [0.2, 0.25) is 0 Å². The standard InChI is InChI=1S/C21H22N4O2S/c1-14-9-11-17(12-10-14)20(27)22-15(2)19-23-24-21(25(19)3)28-13-18(26)16-7-5-4-6-8-16/h4-12,15H,13H2,1-3H3,(H,22,27)/t15-/m1/s1. The third kappa shape index (κ3) is 4.67. The van der Waals surface area contributed by atoms with Gasteiger partial charge < -0.3 is 9.88 Å². The first-order valence-electron chi connectivity index (χ1n) is 8.93.